The lowest BCUT2D eigenvalue weighted by atomic mass is 9.98. The highest BCUT2D eigenvalue weighted by Crippen LogP contribution is 2.15. The Morgan fingerprint density at radius 3 is 2.74 bits per heavy atom. The van der Waals surface area contributed by atoms with Crippen LogP contribution in [0.3, 0.4) is 0 Å². The van der Waals surface area contributed by atoms with Gasteiger partial charge in [0.15, 0.2) is 15.6 Å². The maximum atomic E-state index is 12.2. The molecule has 1 atom stereocenters. The van der Waals surface area contributed by atoms with E-state index in [1.807, 2.05) is 32.0 Å². The van der Waals surface area contributed by atoms with Crippen LogP contribution in [0.4, 0.5) is 0 Å². The van der Waals surface area contributed by atoms with Crippen molar-refractivity contribution < 1.29 is 13.2 Å². The van der Waals surface area contributed by atoms with Crippen molar-refractivity contribution in [3.8, 4) is 0 Å². The molecule has 1 fully saturated rings. The first-order valence-electron chi connectivity index (χ1n) is 6.42. The highest BCUT2D eigenvalue weighted by Gasteiger charge is 2.26. The first-order valence-corrected chi connectivity index (χ1v) is 8.24. The first kappa shape index (κ1) is 14.2. The number of benzene rings is 1. The Hall–Kier alpha value is -1.20. The summed E-state index contributed by atoms with van der Waals surface area (Å²) in [7, 11) is -2.99. The highest BCUT2D eigenvalue weighted by atomic mass is 32.2. The fourth-order valence-electron chi connectivity index (χ4n) is 2.46. The fourth-order valence-corrected chi connectivity index (χ4v) is 3.90. The second kappa shape index (κ2) is 5.43. The van der Waals surface area contributed by atoms with Crippen LogP contribution in [0.1, 0.15) is 27.9 Å². The van der Waals surface area contributed by atoms with E-state index in [2.05, 4.69) is 5.32 Å². The topological polar surface area (TPSA) is 63.2 Å². The number of carbonyl (C=O) groups is 1. The minimum atomic E-state index is -2.99. The van der Waals surface area contributed by atoms with Gasteiger partial charge in [-0.05, 0) is 19.4 Å². The molecule has 1 aromatic carbocycles. The maximum absolute atomic E-state index is 12.2. The second-order valence-corrected chi connectivity index (χ2v) is 7.44. The molecule has 0 spiro atoms. The molecule has 0 saturated carbocycles. The third-order valence-electron chi connectivity index (χ3n) is 3.42. The molecule has 0 aromatic heterocycles. The van der Waals surface area contributed by atoms with Crippen LogP contribution in [-0.4, -0.2) is 38.3 Å². The van der Waals surface area contributed by atoms with Gasteiger partial charge in [0, 0.05) is 24.6 Å². The Morgan fingerprint density at radius 2 is 2.11 bits per heavy atom. The van der Waals surface area contributed by atoms with Crippen molar-refractivity contribution in [3.05, 3.63) is 34.9 Å². The standard InChI is InChI=1S/C14H19NO3S/c1-10-3-4-13(11(2)7-10)14(16)8-12-9-19(17,18)6-5-15-12/h3-4,7,12,15H,5-6,8-9H2,1-2H3. The summed E-state index contributed by atoms with van der Waals surface area (Å²) in [5, 5.41) is 3.11. The van der Waals surface area contributed by atoms with E-state index in [0.717, 1.165) is 11.1 Å². The van der Waals surface area contributed by atoms with E-state index in [-0.39, 0.29) is 29.8 Å². The van der Waals surface area contributed by atoms with Crippen molar-refractivity contribution in [2.24, 2.45) is 0 Å². The number of hydrogen-bond donors (Lipinski definition) is 1. The summed E-state index contributed by atoms with van der Waals surface area (Å²) in [6.45, 7) is 4.33. The summed E-state index contributed by atoms with van der Waals surface area (Å²) < 4.78 is 23.1. The van der Waals surface area contributed by atoms with Crippen LogP contribution >= 0.6 is 0 Å². The summed E-state index contributed by atoms with van der Waals surface area (Å²) >= 11 is 0. The first-order chi connectivity index (χ1) is 8.87. The molecule has 1 aliphatic rings. The molecule has 0 aliphatic carbocycles. The van der Waals surface area contributed by atoms with Gasteiger partial charge in [-0.25, -0.2) is 8.42 Å². The van der Waals surface area contributed by atoms with Crippen LogP contribution in [0.25, 0.3) is 0 Å². The van der Waals surface area contributed by atoms with Gasteiger partial charge in [-0.2, -0.15) is 0 Å². The molecule has 0 bridgehead atoms. The number of hydrogen-bond acceptors (Lipinski definition) is 4. The number of Topliss-reactive ketones (excluding diaryl/α,β-unsaturated/α-hetero) is 1. The summed E-state index contributed by atoms with van der Waals surface area (Å²) in [4.78, 5) is 12.2. The van der Waals surface area contributed by atoms with Crippen molar-refractivity contribution in [1.29, 1.82) is 0 Å². The zero-order valence-corrected chi connectivity index (χ0v) is 12.1. The zero-order chi connectivity index (χ0) is 14.0. The lowest BCUT2D eigenvalue weighted by Crippen LogP contribution is -2.46. The Morgan fingerprint density at radius 1 is 1.37 bits per heavy atom. The average Bonchev–Trinajstić information content (AvgIpc) is 2.27. The largest absolute Gasteiger partial charge is 0.312 e. The van der Waals surface area contributed by atoms with Crippen molar-refractivity contribution in [1.82, 2.24) is 5.32 Å². The number of ketones is 1. The molecule has 5 heteroatoms. The summed E-state index contributed by atoms with van der Waals surface area (Å²) in [6.07, 6.45) is 0.239. The van der Waals surface area contributed by atoms with E-state index >= 15 is 0 Å². The van der Waals surface area contributed by atoms with Crippen LogP contribution < -0.4 is 5.32 Å². The molecule has 1 unspecified atom stereocenters. The smallest absolute Gasteiger partial charge is 0.164 e. The lowest BCUT2D eigenvalue weighted by molar-refractivity contribution is 0.0971. The average molecular weight is 281 g/mol. The minimum absolute atomic E-state index is 0.00657. The van der Waals surface area contributed by atoms with Gasteiger partial charge >= 0.3 is 0 Å². The van der Waals surface area contributed by atoms with Crippen molar-refractivity contribution in [2.75, 3.05) is 18.1 Å². The summed E-state index contributed by atoms with van der Waals surface area (Å²) in [6, 6.07) is 5.44. The minimum Gasteiger partial charge on any atom is -0.312 e. The van der Waals surface area contributed by atoms with Gasteiger partial charge in [0.2, 0.25) is 0 Å². The Balaban J connectivity index is 2.09. The molecule has 1 aromatic rings. The van der Waals surface area contributed by atoms with Gasteiger partial charge in [0.1, 0.15) is 0 Å². The second-order valence-electron chi connectivity index (χ2n) is 5.21. The lowest BCUT2D eigenvalue weighted by Gasteiger charge is -2.23. The van der Waals surface area contributed by atoms with E-state index in [1.165, 1.54) is 0 Å². The predicted molar refractivity (Wildman–Crippen MR) is 75.3 cm³/mol. The molecule has 0 radical (unpaired) electrons. The normalized spacial score (nSPS) is 22.1. The molecule has 2 rings (SSSR count). The highest BCUT2D eigenvalue weighted by molar-refractivity contribution is 7.91. The van der Waals surface area contributed by atoms with E-state index in [4.69, 9.17) is 0 Å². The molecular weight excluding hydrogens is 262 g/mol. The molecule has 1 saturated heterocycles. The number of carbonyl (C=O) groups excluding carboxylic acids is 1. The fraction of sp³-hybridized carbons (Fsp3) is 0.500. The number of aryl methyl sites for hydroxylation is 2. The third kappa shape index (κ3) is 3.64. The van der Waals surface area contributed by atoms with Crippen molar-refractivity contribution in [2.45, 2.75) is 26.3 Å². The quantitative estimate of drug-likeness (QED) is 0.847. The summed E-state index contributed by atoms with van der Waals surface area (Å²) in [5.74, 6) is 0.234. The van der Waals surface area contributed by atoms with Gasteiger partial charge in [0.05, 0.1) is 11.5 Å². The van der Waals surface area contributed by atoms with Crippen molar-refractivity contribution in [3.63, 3.8) is 0 Å². The Kier molecular flexibility index (Phi) is 4.06. The van der Waals surface area contributed by atoms with Crippen LogP contribution in [0.2, 0.25) is 0 Å². The SMILES string of the molecule is Cc1ccc(C(=O)CC2CS(=O)(=O)CCN2)c(C)c1. The van der Waals surface area contributed by atoms with Gasteiger partial charge in [-0.15, -0.1) is 0 Å². The number of rotatable bonds is 3. The maximum Gasteiger partial charge on any atom is 0.164 e. The molecule has 0 amide bonds. The molecule has 104 valence electrons. The van der Waals surface area contributed by atoms with Crippen molar-refractivity contribution >= 4 is 15.6 Å². The summed E-state index contributed by atoms with van der Waals surface area (Å²) in [5.41, 5.74) is 2.76. The monoisotopic (exact) mass is 281 g/mol. The predicted octanol–water partition coefficient (Wildman–Crippen LogP) is 1.26. The van der Waals surface area contributed by atoms with Crippen LogP contribution in [-0.2, 0) is 9.84 Å². The number of nitrogens with one attached hydrogen (secondary N) is 1. The Labute approximate surface area is 114 Å². The molecule has 1 N–H and O–H groups in total. The molecule has 4 nitrogen and oxygen atoms in total. The molecule has 19 heavy (non-hydrogen) atoms. The molecule has 1 aliphatic heterocycles. The van der Waals surface area contributed by atoms with E-state index in [1.54, 1.807) is 0 Å². The van der Waals surface area contributed by atoms with Crippen LogP contribution in [0.5, 0.6) is 0 Å². The van der Waals surface area contributed by atoms with Gasteiger partial charge in [-0.3, -0.25) is 4.79 Å². The number of sulfone groups is 1. The van der Waals surface area contributed by atoms with Crippen LogP contribution in [0, 0.1) is 13.8 Å². The van der Waals surface area contributed by atoms with Gasteiger partial charge in [-0.1, -0.05) is 23.8 Å². The molecular formula is C14H19NO3S. The van der Waals surface area contributed by atoms with E-state index in [9.17, 15) is 13.2 Å². The van der Waals surface area contributed by atoms with Gasteiger partial charge < -0.3 is 5.32 Å². The van der Waals surface area contributed by atoms with E-state index < -0.39 is 9.84 Å². The zero-order valence-electron chi connectivity index (χ0n) is 11.3. The molecule has 1 heterocycles. The van der Waals surface area contributed by atoms with Crippen LogP contribution in [0.15, 0.2) is 18.2 Å². The van der Waals surface area contributed by atoms with E-state index in [0.29, 0.717) is 12.1 Å². The Bertz CT molecular complexity index is 593. The third-order valence-corrected chi connectivity index (χ3v) is 5.15. The van der Waals surface area contributed by atoms with Gasteiger partial charge in [0.25, 0.3) is 0 Å².